The number of benzene rings is 1. The van der Waals surface area contributed by atoms with E-state index in [4.69, 9.17) is 16.3 Å². The lowest BCUT2D eigenvalue weighted by molar-refractivity contribution is 0.219. The van der Waals surface area contributed by atoms with Crippen molar-refractivity contribution in [2.45, 2.75) is 18.9 Å². The third-order valence-corrected chi connectivity index (χ3v) is 2.50. The summed E-state index contributed by atoms with van der Waals surface area (Å²) in [6.07, 6.45) is 4.02. The van der Waals surface area contributed by atoms with Crippen molar-refractivity contribution in [1.29, 1.82) is 0 Å². The first-order valence-corrected chi connectivity index (χ1v) is 4.75. The summed E-state index contributed by atoms with van der Waals surface area (Å²) >= 11 is 5.87. The van der Waals surface area contributed by atoms with Gasteiger partial charge in [-0.05, 0) is 36.6 Å². The van der Waals surface area contributed by atoms with Gasteiger partial charge in [-0.2, -0.15) is 0 Å². The van der Waals surface area contributed by atoms with Gasteiger partial charge in [-0.25, -0.2) is 0 Å². The van der Waals surface area contributed by atoms with E-state index in [1.807, 2.05) is 24.3 Å². The van der Waals surface area contributed by atoms with Crippen molar-refractivity contribution < 1.29 is 4.74 Å². The molecule has 0 bridgehead atoms. The minimum absolute atomic E-state index is 0.161. The Morgan fingerprint density at radius 1 is 1.54 bits per heavy atom. The summed E-state index contributed by atoms with van der Waals surface area (Å²) in [5.74, 6) is 0.945. The number of fused-ring (bicyclic) bond motifs is 1. The van der Waals surface area contributed by atoms with E-state index in [0.29, 0.717) is 0 Å². The zero-order valence-corrected chi connectivity index (χ0v) is 8.05. The number of halogens is 1. The van der Waals surface area contributed by atoms with Crippen LogP contribution in [0.1, 0.15) is 12.0 Å². The van der Waals surface area contributed by atoms with E-state index in [1.54, 1.807) is 0 Å². The number of ether oxygens (including phenoxy) is 1. The second-order valence-electron chi connectivity index (χ2n) is 3.18. The first-order chi connectivity index (χ1) is 6.29. The molecule has 1 aliphatic heterocycles. The predicted octanol–water partition coefficient (Wildman–Crippen LogP) is 3.22. The van der Waals surface area contributed by atoms with Gasteiger partial charge in [0.1, 0.15) is 11.9 Å². The Kier molecular flexibility index (Phi) is 2.28. The van der Waals surface area contributed by atoms with Crippen molar-refractivity contribution in [2.75, 3.05) is 0 Å². The molecule has 0 saturated heterocycles. The second-order valence-corrected chi connectivity index (χ2v) is 3.62. The molecule has 0 amide bonds. The molecular formula is C11H11ClO. The van der Waals surface area contributed by atoms with Crippen LogP contribution in [0.5, 0.6) is 5.75 Å². The molecule has 1 aliphatic rings. The summed E-state index contributed by atoms with van der Waals surface area (Å²) < 4.78 is 5.66. The van der Waals surface area contributed by atoms with Crippen LogP contribution in [-0.2, 0) is 6.42 Å². The molecule has 1 aromatic carbocycles. The van der Waals surface area contributed by atoms with Gasteiger partial charge in [0.05, 0.1) is 0 Å². The van der Waals surface area contributed by atoms with Crippen LogP contribution < -0.4 is 4.74 Å². The maximum Gasteiger partial charge on any atom is 0.123 e. The molecule has 1 unspecified atom stereocenters. The van der Waals surface area contributed by atoms with Crippen molar-refractivity contribution in [3.05, 3.63) is 41.4 Å². The Hall–Kier alpha value is -0.950. The number of rotatable bonds is 1. The van der Waals surface area contributed by atoms with E-state index >= 15 is 0 Å². The second kappa shape index (κ2) is 3.43. The zero-order chi connectivity index (χ0) is 9.26. The molecule has 0 saturated carbocycles. The molecule has 13 heavy (non-hydrogen) atoms. The number of hydrogen-bond acceptors (Lipinski definition) is 1. The highest BCUT2D eigenvalue weighted by Gasteiger charge is 2.16. The maximum absolute atomic E-state index is 5.87. The van der Waals surface area contributed by atoms with Gasteiger partial charge >= 0.3 is 0 Å². The predicted molar refractivity (Wildman–Crippen MR) is 54.4 cm³/mol. The quantitative estimate of drug-likeness (QED) is 0.624. The fourth-order valence-electron chi connectivity index (χ4n) is 1.54. The minimum atomic E-state index is 0.161. The van der Waals surface area contributed by atoms with Gasteiger partial charge in [0.2, 0.25) is 0 Å². The average Bonchev–Trinajstić information content (AvgIpc) is 2.17. The van der Waals surface area contributed by atoms with E-state index in [1.165, 1.54) is 5.56 Å². The highest BCUT2D eigenvalue weighted by Crippen LogP contribution is 2.29. The standard InChI is InChI=1S/C11H11ClO/c1-2-10-5-3-8-7-9(12)4-6-11(8)13-10/h2,4,6-7,10H,1,3,5H2. The van der Waals surface area contributed by atoms with Crippen LogP contribution in [-0.4, -0.2) is 6.10 Å². The molecule has 0 fully saturated rings. The normalized spacial score (nSPS) is 20.2. The van der Waals surface area contributed by atoms with Gasteiger partial charge in [0.25, 0.3) is 0 Å². The first-order valence-electron chi connectivity index (χ1n) is 4.37. The van der Waals surface area contributed by atoms with E-state index < -0.39 is 0 Å². The molecule has 0 radical (unpaired) electrons. The molecule has 0 spiro atoms. The summed E-state index contributed by atoms with van der Waals surface area (Å²) in [6.45, 7) is 3.72. The molecule has 1 aromatic rings. The smallest absolute Gasteiger partial charge is 0.123 e. The third kappa shape index (κ3) is 1.70. The largest absolute Gasteiger partial charge is 0.486 e. The Morgan fingerprint density at radius 2 is 2.38 bits per heavy atom. The monoisotopic (exact) mass is 194 g/mol. The lowest BCUT2D eigenvalue weighted by atomic mass is 10.0. The van der Waals surface area contributed by atoms with Crippen molar-refractivity contribution in [3.8, 4) is 5.75 Å². The van der Waals surface area contributed by atoms with Gasteiger partial charge in [-0.3, -0.25) is 0 Å². The number of aryl methyl sites for hydroxylation is 1. The first kappa shape index (κ1) is 8.64. The van der Waals surface area contributed by atoms with Gasteiger partial charge in [0.15, 0.2) is 0 Å². The van der Waals surface area contributed by atoms with E-state index in [0.717, 1.165) is 23.6 Å². The highest BCUT2D eigenvalue weighted by atomic mass is 35.5. The van der Waals surface area contributed by atoms with E-state index in [9.17, 15) is 0 Å². The summed E-state index contributed by atoms with van der Waals surface area (Å²) in [7, 11) is 0. The van der Waals surface area contributed by atoms with Crippen LogP contribution in [0.2, 0.25) is 5.02 Å². The molecule has 0 aliphatic carbocycles. The Labute approximate surface area is 83.0 Å². The van der Waals surface area contributed by atoms with Crippen molar-refractivity contribution in [3.63, 3.8) is 0 Å². The van der Waals surface area contributed by atoms with Crippen LogP contribution in [0, 0.1) is 0 Å². The van der Waals surface area contributed by atoms with E-state index in [2.05, 4.69) is 6.58 Å². The van der Waals surface area contributed by atoms with Crippen LogP contribution in [0.4, 0.5) is 0 Å². The maximum atomic E-state index is 5.87. The molecule has 1 nitrogen and oxygen atoms in total. The molecule has 1 atom stereocenters. The van der Waals surface area contributed by atoms with Crippen LogP contribution in [0.25, 0.3) is 0 Å². The SMILES string of the molecule is C=CC1CCc2cc(Cl)ccc2O1. The van der Waals surface area contributed by atoms with Gasteiger partial charge in [-0.1, -0.05) is 24.3 Å². The molecular weight excluding hydrogens is 184 g/mol. The molecule has 0 aromatic heterocycles. The lowest BCUT2D eigenvalue weighted by Crippen LogP contribution is -2.19. The molecule has 68 valence electrons. The van der Waals surface area contributed by atoms with Crippen LogP contribution in [0.15, 0.2) is 30.9 Å². The molecule has 2 rings (SSSR count). The minimum Gasteiger partial charge on any atom is -0.486 e. The van der Waals surface area contributed by atoms with Crippen molar-refractivity contribution >= 4 is 11.6 Å². The topological polar surface area (TPSA) is 9.23 Å². The van der Waals surface area contributed by atoms with Crippen LogP contribution in [0.3, 0.4) is 0 Å². The Balaban J connectivity index is 2.31. The molecule has 1 heterocycles. The van der Waals surface area contributed by atoms with Gasteiger partial charge in [0, 0.05) is 5.02 Å². The fraction of sp³-hybridized carbons (Fsp3) is 0.273. The molecule has 2 heteroatoms. The third-order valence-electron chi connectivity index (χ3n) is 2.26. The zero-order valence-electron chi connectivity index (χ0n) is 7.29. The van der Waals surface area contributed by atoms with Gasteiger partial charge < -0.3 is 4.74 Å². The summed E-state index contributed by atoms with van der Waals surface area (Å²) in [6, 6.07) is 5.75. The molecule has 0 N–H and O–H groups in total. The van der Waals surface area contributed by atoms with E-state index in [-0.39, 0.29) is 6.10 Å². The Morgan fingerprint density at radius 3 is 3.15 bits per heavy atom. The van der Waals surface area contributed by atoms with Crippen LogP contribution >= 0.6 is 11.6 Å². The van der Waals surface area contributed by atoms with Gasteiger partial charge in [-0.15, -0.1) is 0 Å². The summed E-state index contributed by atoms with van der Waals surface area (Å²) in [5.41, 5.74) is 1.20. The average molecular weight is 195 g/mol. The summed E-state index contributed by atoms with van der Waals surface area (Å²) in [5, 5.41) is 0.777. The van der Waals surface area contributed by atoms with Crippen molar-refractivity contribution in [2.24, 2.45) is 0 Å². The highest BCUT2D eigenvalue weighted by molar-refractivity contribution is 6.30. The fourth-order valence-corrected chi connectivity index (χ4v) is 1.74. The summed E-state index contributed by atoms with van der Waals surface area (Å²) in [4.78, 5) is 0. The van der Waals surface area contributed by atoms with Crippen molar-refractivity contribution in [1.82, 2.24) is 0 Å². The lowest BCUT2D eigenvalue weighted by Gasteiger charge is -2.23. The Bertz CT molecular complexity index is 333. The number of hydrogen-bond donors (Lipinski definition) is 0.